The van der Waals surface area contributed by atoms with Gasteiger partial charge in [-0.2, -0.15) is 0 Å². The molecule has 0 radical (unpaired) electrons. The number of benzene rings is 1. The summed E-state index contributed by atoms with van der Waals surface area (Å²) in [4.78, 5) is 13.6. The van der Waals surface area contributed by atoms with Crippen molar-refractivity contribution in [3.63, 3.8) is 0 Å². The van der Waals surface area contributed by atoms with Crippen molar-refractivity contribution < 1.29 is 4.79 Å². The monoisotopic (exact) mass is 275 g/mol. The number of amides is 1. The van der Waals surface area contributed by atoms with Gasteiger partial charge in [-0.25, -0.2) is 0 Å². The van der Waals surface area contributed by atoms with Crippen LogP contribution in [0.15, 0.2) is 24.3 Å². The number of piperidine rings is 1. The highest BCUT2D eigenvalue weighted by molar-refractivity contribution is 5.92. The molecule has 0 aromatic heterocycles. The number of nitrogens with zero attached hydrogens (tertiary/aromatic N) is 1. The van der Waals surface area contributed by atoms with E-state index in [1.165, 1.54) is 25.9 Å². The van der Waals surface area contributed by atoms with Crippen LogP contribution in [-0.2, 0) is 6.54 Å². The fourth-order valence-corrected chi connectivity index (χ4v) is 2.81. The number of carbonyl (C=O) groups excluding carboxylic acids is 1. The molecule has 1 amide bonds. The molecular weight excluding hydrogens is 250 g/mol. The Labute approximate surface area is 121 Å². The van der Waals surface area contributed by atoms with E-state index < -0.39 is 0 Å². The second-order valence-electron chi connectivity index (χ2n) is 5.87. The van der Waals surface area contributed by atoms with Gasteiger partial charge in [0.25, 0.3) is 0 Å². The third kappa shape index (κ3) is 4.05. The Morgan fingerprint density at radius 2 is 2.15 bits per heavy atom. The first kappa shape index (κ1) is 15.0. The minimum Gasteiger partial charge on any atom is -0.366 e. The maximum absolute atomic E-state index is 11.2. The Bertz CT molecular complexity index is 453. The maximum atomic E-state index is 11.2. The molecule has 1 fully saturated rings. The fraction of sp³-hybridized carbons (Fsp3) is 0.562. The van der Waals surface area contributed by atoms with Crippen molar-refractivity contribution >= 4 is 5.91 Å². The van der Waals surface area contributed by atoms with Crippen LogP contribution in [0.3, 0.4) is 0 Å². The summed E-state index contributed by atoms with van der Waals surface area (Å²) in [5.41, 5.74) is 7.00. The van der Waals surface area contributed by atoms with Crippen LogP contribution in [0.5, 0.6) is 0 Å². The molecular formula is C16H25N3O. The second kappa shape index (κ2) is 6.86. The van der Waals surface area contributed by atoms with E-state index in [-0.39, 0.29) is 5.91 Å². The molecule has 1 aromatic carbocycles. The van der Waals surface area contributed by atoms with Crippen molar-refractivity contribution in [2.75, 3.05) is 20.1 Å². The summed E-state index contributed by atoms with van der Waals surface area (Å²) in [7, 11) is 2.18. The van der Waals surface area contributed by atoms with Gasteiger partial charge < -0.3 is 16.0 Å². The van der Waals surface area contributed by atoms with Gasteiger partial charge in [0, 0.05) is 18.2 Å². The lowest BCUT2D eigenvalue weighted by molar-refractivity contribution is 0.1000. The molecule has 1 atom stereocenters. The molecule has 0 saturated carbocycles. The lowest BCUT2D eigenvalue weighted by Crippen LogP contribution is -2.40. The number of nitrogens with one attached hydrogen (secondary N) is 1. The summed E-state index contributed by atoms with van der Waals surface area (Å²) in [5.74, 6) is 0.376. The highest BCUT2D eigenvalue weighted by Gasteiger charge is 2.21. The molecule has 0 aliphatic carbocycles. The summed E-state index contributed by atoms with van der Waals surface area (Å²) < 4.78 is 0. The van der Waals surface area contributed by atoms with Gasteiger partial charge in [-0.15, -0.1) is 0 Å². The first-order valence-corrected chi connectivity index (χ1v) is 7.37. The second-order valence-corrected chi connectivity index (χ2v) is 5.87. The number of carbonyl (C=O) groups is 1. The van der Waals surface area contributed by atoms with Gasteiger partial charge in [-0.3, -0.25) is 4.79 Å². The largest absolute Gasteiger partial charge is 0.366 e. The number of rotatable bonds is 5. The van der Waals surface area contributed by atoms with Gasteiger partial charge in [0.1, 0.15) is 0 Å². The number of nitrogens with two attached hydrogens (primary N) is 1. The van der Waals surface area contributed by atoms with Gasteiger partial charge in [-0.05, 0) is 63.5 Å². The smallest absolute Gasteiger partial charge is 0.248 e. The highest BCUT2D eigenvalue weighted by atomic mass is 16.1. The number of primary amides is 1. The van der Waals surface area contributed by atoms with Gasteiger partial charge in [-0.1, -0.05) is 12.1 Å². The predicted octanol–water partition coefficient (Wildman–Crippen LogP) is 1.61. The highest BCUT2D eigenvalue weighted by Crippen LogP contribution is 2.19. The van der Waals surface area contributed by atoms with E-state index in [1.54, 1.807) is 6.07 Å². The lowest BCUT2D eigenvalue weighted by atomic mass is 9.90. The van der Waals surface area contributed by atoms with Gasteiger partial charge in [0.15, 0.2) is 0 Å². The molecule has 2 rings (SSSR count). The summed E-state index contributed by atoms with van der Waals surface area (Å²) in [5, 5.41) is 3.58. The molecule has 1 aliphatic heterocycles. The van der Waals surface area contributed by atoms with Crippen molar-refractivity contribution in [2.45, 2.75) is 32.4 Å². The summed E-state index contributed by atoms with van der Waals surface area (Å²) in [6.07, 6.45) is 2.51. The van der Waals surface area contributed by atoms with Crippen molar-refractivity contribution in [1.29, 1.82) is 0 Å². The Balaban J connectivity index is 1.85. The lowest BCUT2D eigenvalue weighted by Gasteiger charge is -2.33. The summed E-state index contributed by atoms with van der Waals surface area (Å²) in [6, 6.07) is 8.04. The minimum absolute atomic E-state index is 0.366. The fourth-order valence-electron chi connectivity index (χ4n) is 2.81. The molecule has 110 valence electrons. The van der Waals surface area contributed by atoms with Crippen LogP contribution in [-0.4, -0.2) is 37.0 Å². The summed E-state index contributed by atoms with van der Waals surface area (Å²) in [6.45, 7) is 5.42. The van der Waals surface area contributed by atoms with E-state index in [0.717, 1.165) is 18.0 Å². The maximum Gasteiger partial charge on any atom is 0.248 e. The van der Waals surface area contributed by atoms with E-state index in [9.17, 15) is 4.79 Å². The average Bonchev–Trinajstić information content (AvgIpc) is 2.46. The summed E-state index contributed by atoms with van der Waals surface area (Å²) >= 11 is 0. The van der Waals surface area contributed by atoms with Crippen molar-refractivity contribution in [3.8, 4) is 0 Å². The number of likely N-dealkylation sites (tertiary alicyclic amines) is 1. The first-order valence-electron chi connectivity index (χ1n) is 7.37. The van der Waals surface area contributed by atoms with Crippen LogP contribution < -0.4 is 11.1 Å². The van der Waals surface area contributed by atoms with Crippen LogP contribution in [0.1, 0.15) is 35.7 Å². The zero-order valence-corrected chi connectivity index (χ0v) is 12.4. The van der Waals surface area contributed by atoms with Gasteiger partial charge >= 0.3 is 0 Å². The Kier molecular flexibility index (Phi) is 5.15. The Hall–Kier alpha value is -1.39. The van der Waals surface area contributed by atoms with Crippen molar-refractivity contribution in [3.05, 3.63) is 35.4 Å². The predicted molar refractivity (Wildman–Crippen MR) is 81.5 cm³/mol. The minimum atomic E-state index is -0.366. The molecule has 4 heteroatoms. The topological polar surface area (TPSA) is 58.4 Å². The molecule has 1 unspecified atom stereocenters. The van der Waals surface area contributed by atoms with Gasteiger partial charge in [0.2, 0.25) is 5.91 Å². The molecule has 3 N–H and O–H groups in total. The van der Waals surface area contributed by atoms with Crippen molar-refractivity contribution in [1.82, 2.24) is 10.2 Å². The van der Waals surface area contributed by atoms with Gasteiger partial charge in [0.05, 0.1) is 0 Å². The third-order valence-corrected chi connectivity index (χ3v) is 4.31. The van der Waals surface area contributed by atoms with Crippen LogP contribution >= 0.6 is 0 Å². The molecule has 1 saturated heterocycles. The molecule has 1 aliphatic rings. The molecule has 0 spiro atoms. The van der Waals surface area contributed by atoms with Crippen LogP contribution in [0.2, 0.25) is 0 Å². The average molecular weight is 275 g/mol. The molecule has 4 nitrogen and oxygen atoms in total. The third-order valence-electron chi connectivity index (χ3n) is 4.31. The van der Waals surface area contributed by atoms with Crippen molar-refractivity contribution in [2.24, 2.45) is 11.7 Å². The van der Waals surface area contributed by atoms with Crippen LogP contribution in [0, 0.1) is 5.92 Å². The molecule has 0 bridgehead atoms. The van der Waals surface area contributed by atoms with Crippen LogP contribution in [0.4, 0.5) is 0 Å². The van der Waals surface area contributed by atoms with E-state index in [1.807, 2.05) is 18.2 Å². The van der Waals surface area contributed by atoms with E-state index >= 15 is 0 Å². The molecule has 1 aromatic rings. The van der Waals surface area contributed by atoms with E-state index in [4.69, 9.17) is 5.73 Å². The Morgan fingerprint density at radius 1 is 1.45 bits per heavy atom. The quantitative estimate of drug-likeness (QED) is 0.858. The number of hydrogen-bond acceptors (Lipinski definition) is 3. The zero-order chi connectivity index (χ0) is 14.5. The first-order chi connectivity index (χ1) is 9.56. The molecule has 1 heterocycles. The van der Waals surface area contributed by atoms with E-state index in [0.29, 0.717) is 11.6 Å². The Morgan fingerprint density at radius 3 is 2.80 bits per heavy atom. The zero-order valence-electron chi connectivity index (χ0n) is 12.4. The molecule has 20 heavy (non-hydrogen) atoms. The van der Waals surface area contributed by atoms with Crippen LogP contribution in [0.25, 0.3) is 0 Å². The standard InChI is InChI=1S/C16H25N3O/c1-12(14-6-8-19(2)9-7-14)18-11-13-4-3-5-15(10-13)16(17)20/h3-5,10,12,14,18H,6-9,11H2,1-2H3,(H2,17,20). The SMILES string of the molecule is CC(NCc1cccc(C(N)=O)c1)C1CCN(C)CC1. The normalized spacial score (nSPS) is 18.9. The number of hydrogen-bond donors (Lipinski definition) is 2. The van der Waals surface area contributed by atoms with E-state index in [2.05, 4.69) is 24.2 Å².